The minimum absolute atomic E-state index is 0.122. The molecule has 0 amide bonds. The quantitative estimate of drug-likeness (QED) is 0.501. The van der Waals surface area contributed by atoms with Crippen LogP contribution in [-0.2, 0) is 4.74 Å². The summed E-state index contributed by atoms with van der Waals surface area (Å²) in [6, 6.07) is 10.2. The number of hydrogen-bond acceptors (Lipinski definition) is 1. The zero-order chi connectivity index (χ0) is 10.9. The first-order chi connectivity index (χ1) is 7.34. The van der Waals surface area contributed by atoms with Crippen LogP contribution in [0.1, 0.15) is 37.1 Å². The van der Waals surface area contributed by atoms with Crippen molar-refractivity contribution in [2.24, 2.45) is 0 Å². The molecule has 1 aromatic rings. The van der Waals surface area contributed by atoms with E-state index in [1.165, 1.54) is 5.56 Å². The van der Waals surface area contributed by atoms with Crippen molar-refractivity contribution >= 4 is 11.6 Å². The largest absolute Gasteiger partial charge is 0.381 e. The molecule has 0 N–H and O–H groups in total. The minimum Gasteiger partial charge on any atom is -0.381 e. The van der Waals surface area contributed by atoms with E-state index >= 15 is 0 Å². The predicted octanol–water partition coefficient (Wildman–Crippen LogP) is 4.17. The molecule has 15 heavy (non-hydrogen) atoms. The van der Waals surface area contributed by atoms with Crippen LogP contribution in [0, 0.1) is 0 Å². The van der Waals surface area contributed by atoms with E-state index in [2.05, 4.69) is 19.1 Å². The number of halogens is 1. The molecule has 0 aliphatic rings. The minimum atomic E-state index is 0.122. The van der Waals surface area contributed by atoms with Gasteiger partial charge >= 0.3 is 0 Å². The molecule has 84 valence electrons. The fraction of sp³-hybridized carbons (Fsp3) is 0.538. The Balaban J connectivity index is 2.16. The van der Waals surface area contributed by atoms with Crippen molar-refractivity contribution in [1.82, 2.24) is 0 Å². The first kappa shape index (κ1) is 12.5. The molecule has 1 rings (SSSR count). The molecule has 0 aromatic heterocycles. The highest BCUT2D eigenvalue weighted by Crippen LogP contribution is 2.24. The number of alkyl halides is 1. The predicted molar refractivity (Wildman–Crippen MR) is 65.4 cm³/mol. The van der Waals surface area contributed by atoms with Crippen LogP contribution < -0.4 is 0 Å². The average Bonchev–Trinajstić information content (AvgIpc) is 2.30. The van der Waals surface area contributed by atoms with Gasteiger partial charge in [-0.25, -0.2) is 0 Å². The first-order valence-electron chi connectivity index (χ1n) is 5.61. The molecule has 1 atom stereocenters. The molecular formula is C13H19ClO. The molecule has 0 fully saturated rings. The van der Waals surface area contributed by atoms with Gasteiger partial charge in [0.15, 0.2) is 0 Å². The lowest BCUT2D eigenvalue weighted by Crippen LogP contribution is -1.98. The summed E-state index contributed by atoms with van der Waals surface area (Å²) in [4.78, 5) is 0. The van der Waals surface area contributed by atoms with Crippen LogP contribution in [0.2, 0.25) is 0 Å². The molecule has 0 aliphatic heterocycles. The summed E-state index contributed by atoms with van der Waals surface area (Å²) in [5.41, 5.74) is 1.20. The molecule has 2 heteroatoms. The second kappa shape index (κ2) is 7.72. The maximum atomic E-state index is 6.26. The highest BCUT2D eigenvalue weighted by atomic mass is 35.5. The van der Waals surface area contributed by atoms with Gasteiger partial charge in [0.25, 0.3) is 0 Å². The van der Waals surface area contributed by atoms with E-state index in [4.69, 9.17) is 16.3 Å². The second-order valence-corrected chi connectivity index (χ2v) is 4.16. The van der Waals surface area contributed by atoms with E-state index in [0.717, 1.165) is 32.5 Å². The normalized spacial score (nSPS) is 12.7. The van der Waals surface area contributed by atoms with Crippen LogP contribution in [0.3, 0.4) is 0 Å². The third-order valence-corrected chi connectivity index (χ3v) is 2.73. The molecule has 0 bridgehead atoms. The van der Waals surface area contributed by atoms with E-state index in [0.29, 0.717) is 0 Å². The Kier molecular flexibility index (Phi) is 6.45. The number of hydrogen-bond donors (Lipinski definition) is 0. The zero-order valence-corrected chi connectivity index (χ0v) is 10.0. The lowest BCUT2D eigenvalue weighted by Gasteiger charge is -2.09. The Morgan fingerprint density at radius 3 is 2.60 bits per heavy atom. The summed E-state index contributed by atoms with van der Waals surface area (Å²) in [5.74, 6) is 0. The summed E-state index contributed by atoms with van der Waals surface area (Å²) < 4.78 is 5.41. The Bertz CT molecular complexity index is 248. The smallest absolute Gasteiger partial charge is 0.0586 e. The van der Waals surface area contributed by atoms with E-state index in [1.54, 1.807) is 0 Å². The lowest BCUT2D eigenvalue weighted by atomic mass is 10.1. The van der Waals surface area contributed by atoms with E-state index < -0.39 is 0 Å². The topological polar surface area (TPSA) is 9.23 Å². The van der Waals surface area contributed by atoms with Crippen molar-refractivity contribution in [3.05, 3.63) is 35.9 Å². The summed E-state index contributed by atoms with van der Waals surface area (Å²) in [6.45, 7) is 3.80. The molecule has 0 saturated carbocycles. The molecule has 1 aromatic carbocycles. The maximum Gasteiger partial charge on any atom is 0.0586 e. The molecule has 1 unspecified atom stereocenters. The summed E-state index contributed by atoms with van der Waals surface area (Å²) in [7, 11) is 0. The standard InChI is InChI=1S/C13H19ClO/c1-2-10-15-11-6-9-13(14)12-7-4-3-5-8-12/h3-5,7-8,13H,2,6,9-11H2,1H3. The monoisotopic (exact) mass is 226 g/mol. The van der Waals surface area contributed by atoms with Gasteiger partial charge in [0, 0.05) is 13.2 Å². The van der Waals surface area contributed by atoms with Crippen LogP contribution in [0.15, 0.2) is 30.3 Å². The summed E-state index contributed by atoms with van der Waals surface area (Å²) in [5, 5.41) is 0.122. The van der Waals surface area contributed by atoms with E-state index in [-0.39, 0.29) is 5.38 Å². The molecule has 0 saturated heterocycles. The average molecular weight is 227 g/mol. The van der Waals surface area contributed by atoms with Gasteiger partial charge in [-0.3, -0.25) is 0 Å². The number of benzene rings is 1. The molecule has 0 heterocycles. The third kappa shape index (κ3) is 5.19. The Morgan fingerprint density at radius 1 is 1.20 bits per heavy atom. The fourth-order valence-corrected chi connectivity index (χ4v) is 1.74. The Labute approximate surface area is 97.4 Å². The van der Waals surface area contributed by atoms with Crippen LogP contribution in [0.25, 0.3) is 0 Å². The first-order valence-corrected chi connectivity index (χ1v) is 6.05. The van der Waals surface area contributed by atoms with E-state index in [1.807, 2.05) is 18.2 Å². The number of rotatable bonds is 7. The van der Waals surface area contributed by atoms with Gasteiger partial charge in [0.1, 0.15) is 0 Å². The zero-order valence-electron chi connectivity index (χ0n) is 9.29. The molecule has 0 radical (unpaired) electrons. The van der Waals surface area contributed by atoms with Crippen molar-refractivity contribution in [3.8, 4) is 0 Å². The van der Waals surface area contributed by atoms with Gasteiger partial charge in [-0.15, -0.1) is 11.6 Å². The van der Waals surface area contributed by atoms with Crippen LogP contribution in [0.4, 0.5) is 0 Å². The second-order valence-electron chi connectivity index (χ2n) is 3.63. The highest BCUT2D eigenvalue weighted by molar-refractivity contribution is 6.20. The molecule has 1 nitrogen and oxygen atoms in total. The third-order valence-electron chi connectivity index (χ3n) is 2.26. The van der Waals surface area contributed by atoms with Gasteiger partial charge in [-0.1, -0.05) is 37.3 Å². The fourth-order valence-electron chi connectivity index (χ4n) is 1.44. The van der Waals surface area contributed by atoms with Crippen LogP contribution in [0.5, 0.6) is 0 Å². The molecule has 0 aliphatic carbocycles. The lowest BCUT2D eigenvalue weighted by molar-refractivity contribution is 0.131. The maximum absolute atomic E-state index is 6.26. The van der Waals surface area contributed by atoms with Gasteiger partial charge < -0.3 is 4.74 Å². The van der Waals surface area contributed by atoms with Gasteiger partial charge in [-0.05, 0) is 24.8 Å². The van der Waals surface area contributed by atoms with Crippen molar-refractivity contribution in [2.45, 2.75) is 31.6 Å². The summed E-state index contributed by atoms with van der Waals surface area (Å²) in [6.07, 6.45) is 3.10. The van der Waals surface area contributed by atoms with Crippen LogP contribution >= 0.6 is 11.6 Å². The number of ether oxygens (including phenoxy) is 1. The molecular weight excluding hydrogens is 208 g/mol. The van der Waals surface area contributed by atoms with Gasteiger partial charge in [-0.2, -0.15) is 0 Å². The van der Waals surface area contributed by atoms with E-state index in [9.17, 15) is 0 Å². The van der Waals surface area contributed by atoms with Crippen molar-refractivity contribution in [2.75, 3.05) is 13.2 Å². The van der Waals surface area contributed by atoms with Crippen molar-refractivity contribution in [3.63, 3.8) is 0 Å². The molecule has 0 spiro atoms. The van der Waals surface area contributed by atoms with Gasteiger partial charge in [0.2, 0.25) is 0 Å². The van der Waals surface area contributed by atoms with Gasteiger partial charge in [0.05, 0.1) is 5.38 Å². The Hall–Kier alpha value is -0.530. The summed E-state index contributed by atoms with van der Waals surface area (Å²) >= 11 is 6.26. The SMILES string of the molecule is CCCOCCCC(Cl)c1ccccc1. The highest BCUT2D eigenvalue weighted by Gasteiger charge is 2.06. The van der Waals surface area contributed by atoms with Crippen LogP contribution in [-0.4, -0.2) is 13.2 Å². The van der Waals surface area contributed by atoms with Crippen molar-refractivity contribution < 1.29 is 4.74 Å². The Morgan fingerprint density at radius 2 is 1.93 bits per heavy atom. The van der Waals surface area contributed by atoms with Crippen molar-refractivity contribution in [1.29, 1.82) is 0 Å².